The van der Waals surface area contributed by atoms with Crippen LogP contribution in [-0.4, -0.2) is 29.8 Å². The molecule has 0 aliphatic carbocycles. The van der Waals surface area contributed by atoms with Gasteiger partial charge in [0.25, 0.3) is 0 Å². The maximum Gasteiger partial charge on any atom is 0.358 e. The molecule has 1 aromatic heterocycles. The molecule has 0 saturated carbocycles. The second-order valence-electron chi connectivity index (χ2n) is 7.35. The number of hydrogen-bond acceptors (Lipinski definition) is 5. The second-order valence-corrected chi connectivity index (χ2v) is 7.79. The lowest BCUT2D eigenvalue weighted by Crippen LogP contribution is -2.34. The molecule has 1 atom stereocenters. The molecule has 1 N–H and O–H groups in total. The number of ketones is 1. The normalized spacial score (nSPS) is 21.7. The number of rotatable bonds is 3. The number of pyridine rings is 1. The van der Waals surface area contributed by atoms with Crippen LogP contribution in [-0.2, 0) is 15.8 Å². The van der Waals surface area contributed by atoms with Crippen molar-refractivity contribution in [1.82, 2.24) is 10.3 Å². The molecule has 6 heteroatoms. The largest absolute Gasteiger partial charge is 0.448 e. The summed E-state index contributed by atoms with van der Waals surface area (Å²) in [7, 11) is 0. The van der Waals surface area contributed by atoms with Crippen molar-refractivity contribution in [2.45, 2.75) is 31.3 Å². The topological polar surface area (TPSA) is 68.3 Å². The fourth-order valence-electron chi connectivity index (χ4n) is 3.85. The number of benzene rings is 1. The van der Waals surface area contributed by atoms with Crippen molar-refractivity contribution in [3.8, 4) is 0 Å². The fraction of sp³-hybridized carbons (Fsp3) is 0.350. The first-order chi connectivity index (χ1) is 12.3. The number of Topliss-reactive ketones (excluding diaryl/α,β-unsaturated/α-hetero) is 1. The van der Waals surface area contributed by atoms with Crippen LogP contribution in [0.5, 0.6) is 0 Å². The average molecular weight is 371 g/mol. The van der Waals surface area contributed by atoms with Crippen LogP contribution in [0.4, 0.5) is 0 Å². The standard InChI is InChI=1S/C20H19ClN2O3/c1-19(2,12-3-5-13(21)6-4-12)17(24)14-7-9-23-16-15(14)20(26-18(16)25)8-10-22-11-20/h3-7,9,22H,8,10-11H2,1-2H3/t20-/m0/s1. The molecule has 5 nitrogen and oxygen atoms in total. The van der Waals surface area contributed by atoms with E-state index in [4.69, 9.17) is 16.3 Å². The van der Waals surface area contributed by atoms with Crippen LogP contribution < -0.4 is 5.32 Å². The van der Waals surface area contributed by atoms with Crippen LogP contribution in [0.25, 0.3) is 0 Å². The third kappa shape index (κ3) is 2.46. The van der Waals surface area contributed by atoms with E-state index >= 15 is 0 Å². The van der Waals surface area contributed by atoms with E-state index < -0.39 is 17.0 Å². The summed E-state index contributed by atoms with van der Waals surface area (Å²) in [6.45, 7) is 4.99. The molecule has 2 aliphatic rings. The minimum absolute atomic E-state index is 0.0666. The molecule has 0 bridgehead atoms. The zero-order valence-electron chi connectivity index (χ0n) is 14.6. The van der Waals surface area contributed by atoms with E-state index in [1.165, 1.54) is 6.20 Å². The van der Waals surface area contributed by atoms with Gasteiger partial charge in [0.15, 0.2) is 17.1 Å². The summed E-state index contributed by atoms with van der Waals surface area (Å²) in [5.74, 6) is -0.523. The van der Waals surface area contributed by atoms with Gasteiger partial charge in [-0.15, -0.1) is 0 Å². The highest BCUT2D eigenvalue weighted by Crippen LogP contribution is 2.43. The molecular formula is C20H19ClN2O3. The number of aromatic nitrogens is 1. The number of ether oxygens (including phenoxy) is 1. The first kappa shape index (κ1) is 17.2. The number of nitrogens with one attached hydrogen (secondary N) is 1. The lowest BCUT2D eigenvalue weighted by molar-refractivity contribution is 0.00113. The van der Waals surface area contributed by atoms with E-state index in [-0.39, 0.29) is 11.5 Å². The first-order valence-electron chi connectivity index (χ1n) is 8.59. The summed E-state index contributed by atoms with van der Waals surface area (Å²) >= 11 is 5.98. The molecule has 134 valence electrons. The van der Waals surface area contributed by atoms with Crippen LogP contribution in [0.1, 0.15) is 52.2 Å². The molecule has 2 aliphatic heterocycles. The van der Waals surface area contributed by atoms with Gasteiger partial charge < -0.3 is 10.1 Å². The van der Waals surface area contributed by atoms with Gasteiger partial charge in [0.05, 0.1) is 5.41 Å². The number of halogens is 1. The molecule has 0 unspecified atom stereocenters. The Hall–Kier alpha value is -2.24. The molecule has 4 rings (SSSR count). The monoisotopic (exact) mass is 370 g/mol. The predicted molar refractivity (Wildman–Crippen MR) is 97.6 cm³/mol. The highest BCUT2D eigenvalue weighted by molar-refractivity contribution is 6.30. The van der Waals surface area contributed by atoms with Crippen molar-refractivity contribution in [1.29, 1.82) is 0 Å². The molecule has 26 heavy (non-hydrogen) atoms. The fourth-order valence-corrected chi connectivity index (χ4v) is 3.97. The Labute approximate surface area is 156 Å². The maximum atomic E-state index is 13.5. The van der Waals surface area contributed by atoms with Gasteiger partial charge in [-0.1, -0.05) is 23.7 Å². The third-order valence-electron chi connectivity index (χ3n) is 5.38. The van der Waals surface area contributed by atoms with Crippen LogP contribution in [0.15, 0.2) is 36.5 Å². The molecule has 0 amide bonds. The molecule has 1 spiro atoms. The lowest BCUT2D eigenvalue weighted by atomic mass is 9.75. The van der Waals surface area contributed by atoms with Crippen molar-refractivity contribution in [2.75, 3.05) is 13.1 Å². The van der Waals surface area contributed by atoms with Crippen LogP contribution >= 0.6 is 11.6 Å². The summed E-state index contributed by atoms with van der Waals surface area (Å²) in [6, 6.07) is 8.96. The Morgan fingerprint density at radius 1 is 1.27 bits per heavy atom. The van der Waals surface area contributed by atoms with E-state index in [0.29, 0.717) is 29.1 Å². The van der Waals surface area contributed by atoms with Gasteiger partial charge in [0.2, 0.25) is 0 Å². The molecular weight excluding hydrogens is 352 g/mol. The smallest absolute Gasteiger partial charge is 0.358 e. The molecule has 2 aromatic rings. The van der Waals surface area contributed by atoms with Crippen LogP contribution in [0.3, 0.4) is 0 Å². The summed E-state index contributed by atoms with van der Waals surface area (Å²) in [6.07, 6.45) is 2.14. The van der Waals surface area contributed by atoms with E-state index in [9.17, 15) is 9.59 Å². The summed E-state index contributed by atoms with van der Waals surface area (Å²) in [5, 5.41) is 3.85. The van der Waals surface area contributed by atoms with Gasteiger partial charge in [-0.05, 0) is 44.2 Å². The second kappa shape index (κ2) is 5.89. The highest BCUT2D eigenvalue weighted by Gasteiger charge is 2.51. The summed E-state index contributed by atoms with van der Waals surface area (Å²) in [4.78, 5) is 30.0. The Bertz CT molecular complexity index is 900. The first-order valence-corrected chi connectivity index (χ1v) is 8.97. The van der Waals surface area contributed by atoms with Crippen LogP contribution in [0.2, 0.25) is 5.02 Å². The van der Waals surface area contributed by atoms with E-state index in [2.05, 4.69) is 10.3 Å². The Kier molecular flexibility index (Phi) is 3.90. The van der Waals surface area contributed by atoms with Gasteiger partial charge in [-0.3, -0.25) is 4.79 Å². The molecule has 1 aromatic carbocycles. The average Bonchev–Trinajstić information content (AvgIpc) is 3.20. The van der Waals surface area contributed by atoms with Crippen molar-refractivity contribution in [2.24, 2.45) is 0 Å². The number of esters is 1. The molecule has 1 fully saturated rings. The van der Waals surface area contributed by atoms with Gasteiger partial charge >= 0.3 is 5.97 Å². The predicted octanol–water partition coefficient (Wildman–Crippen LogP) is 3.25. The number of carbonyl (C=O) groups excluding carboxylic acids is 2. The minimum atomic E-state index is -0.790. The summed E-state index contributed by atoms with van der Waals surface area (Å²) < 4.78 is 5.67. The van der Waals surface area contributed by atoms with Gasteiger partial charge in [0.1, 0.15) is 0 Å². The van der Waals surface area contributed by atoms with E-state index in [0.717, 1.165) is 12.1 Å². The Morgan fingerprint density at radius 3 is 2.65 bits per heavy atom. The number of nitrogens with zero attached hydrogens (tertiary/aromatic N) is 1. The zero-order valence-corrected chi connectivity index (χ0v) is 15.4. The third-order valence-corrected chi connectivity index (χ3v) is 5.63. The number of fused-ring (bicyclic) bond motifs is 2. The molecule has 1 saturated heterocycles. The highest BCUT2D eigenvalue weighted by atomic mass is 35.5. The lowest BCUT2D eigenvalue weighted by Gasteiger charge is -2.28. The SMILES string of the molecule is CC(C)(C(=O)c1ccnc2c1[C@@]1(CCNC1)OC2=O)c1ccc(Cl)cc1. The van der Waals surface area contributed by atoms with Gasteiger partial charge in [0, 0.05) is 35.3 Å². The van der Waals surface area contributed by atoms with Crippen molar-refractivity contribution in [3.05, 3.63) is 63.9 Å². The minimum Gasteiger partial charge on any atom is -0.448 e. The van der Waals surface area contributed by atoms with Crippen molar-refractivity contribution < 1.29 is 14.3 Å². The van der Waals surface area contributed by atoms with Gasteiger partial charge in [-0.25, -0.2) is 9.78 Å². The Morgan fingerprint density at radius 2 is 2.00 bits per heavy atom. The number of carbonyl (C=O) groups is 2. The molecule has 3 heterocycles. The quantitative estimate of drug-likeness (QED) is 0.663. The Balaban J connectivity index is 1.83. The number of hydrogen-bond donors (Lipinski definition) is 1. The van der Waals surface area contributed by atoms with Crippen LogP contribution in [0, 0.1) is 0 Å². The van der Waals surface area contributed by atoms with Gasteiger partial charge in [-0.2, -0.15) is 0 Å². The van der Waals surface area contributed by atoms with Crippen molar-refractivity contribution >= 4 is 23.4 Å². The van der Waals surface area contributed by atoms with Crippen molar-refractivity contribution in [3.63, 3.8) is 0 Å². The summed E-state index contributed by atoms with van der Waals surface area (Å²) in [5.41, 5.74) is 0.680. The zero-order chi connectivity index (χ0) is 18.5. The maximum absolute atomic E-state index is 13.5. The van der Waals surface area contributed by atoms with E-state index in [1.54, 1.807) is 18.2 Å². The van der Waals surface area contributed by atoms with E-state index in [1.807, 2.05) is 26.0 Å². The molecule has 0 radical (unpaired) electrons.